The van der Waals surface area contributed by atoms with Gasteiger partial charge in [-0.25, -0.2) is 4.57 Å². The third-order valence-electron chi connectivity index (χ3n) is 12.5. The molecule has 73 heavy (non-hydrogen) atoms. The highest BCUT2D eigenvalue weighted by molar-refractivity contribution is 7.47. The van der Waals surface area contributed by atoms with Crippen LogP contribution in [0, 0.1) is 0 Å². The zero-order valence-electron chi connectivity index (χ0n) is 46.8. The van der Waals surface area contributed by atoms with Gasteiger partial charge in [-0.3, -0.25) is 18.6 Å². The molecule has 0 aliphatic heterocycles. The molecular weight excluding hydrogens is 930 g/mol. The number of esters is 2. The Bertz CT molecular complexity index is 1510. The van der Waals surface area contributed by atoms with Crippen LogP contribution in [0.15, 0.2) is 97.2 Å². The van der Waals surface area contributed by atoms with Gasteiger partial charge in [0.05, 0.1) is 13.2 Å². The second-order valence-corrected chi connectivity index (χ2v) is 20.9. The Balaban J connectivity index is 4.01. The number of carbonyl (C=O) groups excluding carboxylic acids is 2. The van der Waals surface area contributed by atoms with E-state index in [1.807, 2.05) is 0 Å². The number of nitrogens with two attached hydrogens (primary N) is 1. The number of carbonyl (C=O) groups is 2. The molecule has 0 aromatic rings. The first-order chi connectivity index (χ1) is 35.8. The standard InChI is InChI=1S/C63H110NO8P/c1-3-5-7-9-11-13-15-17-19-21-23-25-27-29-30-32-34-36-38-40-42-44-46-48-50-52-54-56-63(66)72-61(60-71-73(67,68)70-58-57-64)59-69-62(65)55-53-51-49-47-45-43-41-39-37-35-33-31-28-26-24-22-20-18-16-14-12-10-8-6-4-2/h5,7,11,13,16-19,22-25,29-30,34,36,61H,3-4,6,8-10,12,14-15,20-21,26-28,31-33,35,37-60,64H2,1-2H3,(H,67,68)/b7-5-,13-11-,18-16-,19-17-,24-22-,25-23-,30-29-,36-34-. The van der Waals surface area contributed by atoms with Crippen LogP contribution in [0.25, 0.3) is 0 Å². The van der Waals surface area contributed by atoms with E-state index in [4.69, 9.17) is 24.3 Å². The second kappa shape index (κ2) is 58.2. The molecule has 0 spiro atoms. The highest BCUT2D eigenvalue weighted by Gasteiger charge is 2.26. The maximum atomic E-state index is 12.7. The van der Waals surface area contributed by atoms with Gasteiger partial charge in [-0.05, 0) is 96.3 Å². The van der Waals surface area contributed by atoms with Crippen LogP contribution in [0.5, 0.6) is 0 Å². The monoisotopic (exact) mass is 1040 g/mol. The van der Waals surface area contributed by atoms with E-state index < -0.39 is 26.5 Å². The van der Waals surface area contributed by atoms with E-state index in [1.165, 1.54) is 135 Å². The summed E-state index contributed by atoms with van der Waals surface area (Å²) >= 11 is 0. The van der Waals surface area contributed by atoms with Crippen molar-refractivity contribution in [3.05, 3.63) is 97.2 Å². The first kappa shape index (κ1) is 69.9. The van der Waals surface area contributed by atoms with Gasteiger partial charge < -0.3 is 20.1 Å². The van der Waals surface area contributed by atoms with Crippen molar-refractivity contribution in [1.29, 1.82) is 0 Å². The van der Waals surface area contributed by atoms with Crippen molar-refractivity contribution in [3.63, 3.8) is 0 Å². The highest BCUT2D eigenvalue weighted by atomic mass is 31.2. The van der Waals surface area contributed by atoms with Crippen LogP contribution in [0.1, 0.15) is 258 Å². The Kier molecular flexibility index (Phi) is 55.7. The molecule has 0 aliphatic carbocycles. The molecule has 0 saturated heterocycles. The van der Waals surface area contributed by atoms with Gasteiger partial charge in [-0.1, -0.05) is 246 Å². The van der Waals surface area contributed by atoms with Crippen molar-refractivity contribution in [2.24, 2.45) is 5.73 Å². The molecule has 0 heterocycles. The molecule has 0 fully saturated rings. The van der Waals surface area contributed by atoms with Gasteiger partial charge in [0, 0.05) is 19.4 Å². The van der Waals surface area contributed by atoms with E-state index in [0.29, 0.717) is 6.42 Å². The Morgan fingerprint density at radius 3 is 1.12 bits per heavy atom. The predicted molar refractivity (Wildman–Crippen MR) is 312 cm³/mol. The average Bonchev–Trinajstić information content (AvgIpc) is 3.38. The van der Waals surface area contributed by atoms with E-state index in [1.54, 1.807) is 0 Å². The van der Waals surface area contributed by atoms with Crippen LogP contribution in [0.4, 0.5) is 0 Å². The van der Waals surface area contributed by atoms with Crippen molar-refractivity contribution in [2.45, 2.75) is 264 Å². The van der Waals surface area contributed by atoms with Gasteiger partial charge in [0.15, 0.2) is 6.10 Å². The summed E-state index contributed by atoms with van der Waals surface area (Å²) < 4.78 is 33.1. The molecule has 0 aromatic carbocycles. The molecule has 2 unspecified atom stereocenters. The zero-order chi connectivity index (χ0) is 53.1. The van der Waals surface area contributed by atoms with Crippen molar-refractivity contribution < 1.29 is 37.6 Å². The molecule has 9 nitrogen and oxygen atoms in total. The minimum atomic E-state index is -4.40. The lowest BCUT2D eigenvalue weighted by Crippen LogP contribution is -2.29. The number of rotatable bonds is 55. The number of ether oxygens (including phenoxy) is 2. The minimum Gasteiger partial charge on any atom is -0.462 e. The summed E-state index contributed by atoms with van der Waals surface area (Å²) in [5.41, 5.74) is 5.38. The molecule has 0 saturated carbocycles. The average molecular weight is 1040 g/mol. The summed E-state index contributed by atoms with van der Waals surface area (Å²) in [5, 5.41) is 0. The third kappa shape index (κ3) is 58.1. The number of hydrogen-bond donors (Lipinski definition) is 2. The normalized spacial score (nSPS) is 13.8. The van der Waals surface area contributed by atoms with Crippen molar-refractivity contribution in [2.75, 3.05) is 26.4 Å². The lowest BCUT2D eigenvalue weighted by Gasteiger charge is -2.19. The summed E-state index contributed by atoms with van der Waals surface area (Å²) in [4.78, 5) is 35.2. The number of hydrogen-bond acceptors (Lipinski definition) is 8. The molecule has 420 valence electrons. The van der Waals surface area contributed by atoms with Crippen LogP contribution in [-0.4, -0.2) is 49.3 Å². The van der Waals surface area contributed by atoms with Gasteiger partial charge in [0.25, 0.3) is 0 Å². The van der Waals surface area contributed by atoms with E-state index in [2.05, 4.69) is 111 Å². The maximum absolute atomic E-state index is 12.7. The zero-order valence-corrected chi connectivity index (χ0v) is 47.7. The van der Waals surface area contributed by atoms with Gasteiger partial charge in [-0.2, -0.15) is 0 Å². The molecule has 3 N–H and O–H groups in total. The number of phosphoric acid groups is 1. The smallest absolute Gasteiger partial charge is 0.462 e. The van der Waals surface area contributed by atoms with Crippen molar-refractivity contribution in [3.8, 4) is 0 Å². The first-order valence-electron chi connectivity index (χ1n) is 29.7. The van der Waals surface area contributed by atoms with E-state index >= 15 is 0 Å². The quantitative estimate of drug-likeness (QED) is 0.0264. The Labute approximate surface area is 448 Å². The summed E-state index contributed by atoms with van der Waals surface area (Å²) in [6.45, 7) is 3.62. The van der Waals surface area contributed by atoms with Gasteiger partial charge in [0.1, 0.15) is 6.61 Å². The van der Waals surface area contributed by atoms with Crippen LogP contribution < -0.4 is 5.73 Å². The predicted octanol–water partition coefficient (Wildman–Crippen LogP) is 18.8. The molecule has 0 amide bonds. The summed E-state index contributed by atoms with van der Waals surface area (Å²) in [7, 11) is -4.40. The van der Waals surface area contributed by atoms with Crippen molar-refractivity contribution >= 4 is 19.8 Å². The number of allylic oxidation sites excluding steroid dienone is 16. The topological polar surface area (TPSA) is 134 Å². The number of unbranched alkanes of at least 4 members (excludes halogenated alkanes) is 26. The molecule has 0 aromatic heterocycles. The fourth-order valence-electron chi connectivity index (χ4n) is 8.08. The largest absolute Gasteiger partial charge is 0.472 e. The minimum absolute atomic E-state index is 0.0477. The Morgan fingerprint density at radius 2 is 0.753 bits per heavy atom. The summed E-state index contributed by atoms with van der Waals surface area (Å²) in [5.74, 6) is -0.838. The van der Waals surface area contributed by atoms with Crippen LogP contribution in [0.3, 0.4) is 0 Å². The van der Waals surface area contributed by atoms with Crippen LogP contribution >= 0.6 is 7.82 Å². The third-order valence-corrected chi connectivity index (χ3v) is 13.4. The Morgan fingerprint density at radius 1 is 0.425 bits per heavy atom. The molecule has 0 radical (unpaired) electrons. The van der Waals surface area contributed by atoms with Crippen LogP contribution in [-0.2, 0) is 32.7 Å². The number of phosphoric ester groups is 1. The Hall–Kier alpha value is -3.07. The molecule has 0 rings (SSSR count). The fraction of sp³-hybridized carbons (Fsp3) is 0.714. The molecule has 2 atom stereocenters. The van der Waals surface area contributed by atoms with E-state index in [-0.39, 0.29) is 38.6 Å². The SMILES string of the molecule is CC/C=C\C/C=C\C/C=C\C/C=C\C/C=C\C/C=C\CCCCCCCCCCC(=O)OC(COC(=O)CCCCCCCCCCCCCCC/C=C\C/C=C\CCCCCCC)COP(=O)(O)OCCN. The lowest BCUT2D eigenvalue weighted by molar-refractivity contribution is -0.161. The van der Waals surface area contributed by atoms with Gasteiger partial charge >= 0.3 is 19.8 Å². The van der Waals surface area contributed by atoms with E-state index in [9.17, 15) is 19.0 Å². The fourth-order valence-corrected chi connectivity index (χ4v) is 8.85. The molecule has 0 aliphatic rings. The highest BCUT2D eigenvalue weighted by Crippen LogP contribution is 2.43. The van der Waals surface area contributed by atoms with E-state index in [0.717, 1.165) is 89.9 Å². The van der Waals surface area contributed by atoms with Crippen LogP contribution in [0.2, 0.25) is 0 Å². The van der Waals surface area contributed by atoms with Gasteiger partial charge in [0.2, 0.25) is 0 Å². The van der Waals surface area contributed by atoms with Gasteiger partial charge in [-0.15, -0.1) is 0 Å². The lowest BCUT2D eigenvalue weighted by atomic mass is 10.0. The molecule has 10 heteroatoms. The van der Waals surface area contributed by atoms with Crippen molar-refractivity contribution in [1.82, 2.24) is 0 Å². The maximum Gasteiger partial charge on any atom is 0.472 e. The molecule has 0 bridgehead atoms. The first-order valence-corrected chi connectivity index (χ1v) is 31.2. The summed E-state index contributed by atoms with van der Waals surface area (Å²) in [6, 6.07) is 0. The summed E-state index contributed by atoms with van der Waals surface area (Å²) in [6.07, 6.45) is 77.4. The second-order valence-electron chi connectivity index (χ2n) is 19.5. The molecular formula is C63H110NO8P.